The minimum atomic E-state index is 0.419. The molecule has 1 fully saturated rings. The third-order valence-corrected chi connectivity index (χ3v) is 7.03. The van der Waals surface area contributed by atoms with E-state index in [0.29, 0.717) is 6.04 Å². The van der Waals surface area contributed by atoms with E-state index >= 15 is 0 Å². The summed E-state index contributed by atoms with van der Waals surface area (Å²) in [7, 11) is 0. The summed E-state index contributed by atoms with van der Waals surface area (Å²) in [5.74, 6) is 1.11. The van der Waals surface area contributed by atoms with Gasteiger partial charge in [-0.2, -0.15) is 0 Å². The van der Waals surface area contributed by atoms with E-state index in [-0.39, 0.29) is 0 Å². The van der Waals surface area contributed by atoms with Crippen molar-refractivity contribution in [2.75, 3.05) is 37.5 Å². The zero-order chi connectivity index (χ0) is 20.3. The third-order valence-electron chi connectivity index (χ3n) is 6.30. The molecule has 1 aliphatic carbocycles. The van der Waals surface area contributed by atoms with Gasteiger partial charge in [0.25, 0.3) is 0 Å². The number of anilines is 1. The van der Waals surface area contributed by atoms with Gasteiger partial charge in [0.15, 0.2) is 0 Å². The number of fused-ring (bicyclic) bond motifs is 2. The van der Waals surface area contributed by atoms with Crippen LogP contribution in [0.2, 0.25) is 0 Å². The lowest BCUT2D eigenvalue weighted by atomic mass is 9.87. The van der Waals surface area contributed by atoms with Crippen LogP contribution in [0.4, 0.5) is 5.82 Å². The Morgan fingerprint density at radius 1 is 1.13 bits per heavy atom. The van der Waals surface area contributed by atoms with E-state index in [2.05, 4.69) is 65.0 Å². The van der Waals surface area contributed by atoms with Crippen LogP contribution in [0.15, 0.2) is 53.4 Å². The molecule has 1 aliphatic heterocycles. The molecule has 5 rings (SSSR count). The second-order valence-corrected chi connectivity index (χ2v) is 9.03. The maximum atomic E-state index is 5.59. The number of aromatic nitrogens is 1. The standard InChI is InChI=1S/C25H29N3OS/c1-30-21-10-9-19-15-20(25(27-24(19)16-21)28-11-13-29-14-12-28)17-26-23-8-4-6-18-5-2-3-7-22(18)23/h2-3,5,7,9-10,15-16,23,26H,4,6,8,11-14,17H2,1H3/t23-/m0/s1. The van der Waals surface area contributed by atoms with Crippen LogP contribution in [0, 0.1) is 0 Å². The van der Waals surface area contributed by atoms with Crippen LogP contribution in [-0.2, 0) is 17.7 Å². The fraction of sp³-hybridized carbons (Fsp3) is 0.400. The molecule has 2 heterocycles. The summed E-state index contributed by atoms with van der Waals surface area (Å²) in [4.78, 5) is 8.78. The second kappa shape index (κ2) is 8.96. The van der Waals surface area contributed by atoms with Crippen LogP contribution in [0.3, 0.4) is 0 Å². The number of thioether (sulfide) groups is 1. The highest BCUT2D eigenvalue weighted by atomic mass is 32.2. The first kappa shape index (κ1) is 19.9. The van der Waals surface area contributed by atoms with E-state index < -0.39 is 0 Å². The van der Waals surface area contributed by atoms with Crippen molar-refractivity contribution < 1.29 is 4.74 Å². The molecule has 0 unspecified atom stereocenters. The molecule has 30 heavy (non-hydrogen) atoms. The van der Waals surface area contributed by atoms with Crippen molar-refractivity contribution in [3.8, 4) is 0 Å². The van der Waals surface area contributed by atoms with Gasteiger partial charge < -0.3 is 15.0 Å². The highest BCUT2D eigenvalue weighted by Crippen LogP contribution is 2.31. The summed E-state index contributed by atoms with van der Waals surface area (Å²) < 4.78 is 5.59. The minimum Gasteiger partial charge on any atom is -0.378 e. The molecule has 1 saturated heterocycles. The molecule has 2 aromatic carbocycles. The van der Waals surface area contributed by atoms with E-state index in [1.807, 2.05) is 0 Å². The van der Waals surface area contributed by atoms with Gasteiger partial charge in [-0.1, -0.05) is 30.3 Å². The zero-order valence-corrected chi connectivity index (χ0v) is 18.4. The van der Waals surface area contributed by atoms with E-state index in [9.17, 15) is 0 Å². The molecule has 3 aromatic rings. The van der Waals surface area contributed by atoms with Gasteiger partial charge in [-0.3, -0.25) is 0 Å². The summed E-state index contributed by atoms with van der Waals surface area (Å²) >= 11 is 1.77. The van der Waals surface area contributed by atoms with Crippen molar-refractivity contribution in [3.63, 3.8) is 0 Å². The Kier molecular flexibility index (Phi) is 5.93. The molecule has 2 aliphatic rings. The summed E-state index contributed by atoms with van der Waals surface area (Å²) in [5, 5.41) is 5.07. The topological polar surface area (TPSA) is 37.4 Å². The largest absolute Gasteiger partial charge is 0.378 e. The number of hydrogen-bond donors (Lipinski definition) is 1. The molecule has 0 saturated carbocycles. The molecule has 1 N–H and O–H groups in total. The van der Waals surface area contributed by atoms with Gasteiger partial charge in [0.1, 0.15) is 5.82 Å². The third kappa shape index (κ3) is 4.07. The van der Waals surface area contributed by atoms with Crippen LogP contribution in [0.25, 0.3) is 10.9 Å². The molecular weight excluding hydrogens is 390 g/mol. The van der Waals surface area contributed by atoms with Crippen LogP contribution in [0.5, 0.6) is 0 Å². The van der Waals surface area contributed by atoms with Crippen molar-refractivity contribution in [2.45, 2.75) is 36.7 Å². The first-order valence-electron chi connectivity index (χ1n) is 10.9. The normalized spacial score (nSPS) is 19.1. The average molecular weight is 420 g/mol. The van der Waals surface area contributed by atoms with Crippen molar-refractivity contribution in [1.82, 2.24) is 10.3 Å². The fourth-order valence-corrected chi connectivity index (χ4v) is 5.12. The number of nitrogens with one attached hydrogen (secondary N) is 1. The number of aryl methyl sites for hydroxylation is 1. The highest BCUT2D eigenvalue weighted by Gasteiger charge is 2.22. The van der Waals surface area contributed by atoms with Gasteiger partial charge in [0.05, 0.1) is 18.7 Å². The molecule has 1 atom stereocenters. The Hall–Kier alpha value is -2.08. The Bertz CT molecular complexity index is 1030. The number of nitrogens with zero attached hydrogens (tertiary/aromatic N) is 2. The smallest absolute Gasteiger partial charge is 0.133 e. The lowest BCUT2D eigenvalue weighted by molar-refractivity contribution is 0.122. The van der Waals surface area contributed by atoms with Crippen LogP contribution in [0.1, 0.15) is 35.6 Å². The number of morpholine rings is 1. The quantitative estimate of drug-likeness (QED) is 0.592. The average Bonchev–Trinajstić information content (AvgIpc) is 2.82. The summed E-state index contributed by atoms with van der Waals surface area (Å²) in [6, 6.07) is 18.3. The van der Waals surface area contributed by atoms with E-state index in [1.165, 1.54) is 46.2 Å². The Labute approximate surface area is 183 Å². The Morgan fingerprint density at radius 2 is 2.00 bits per heavy atom. The predicted octanol–water partition coefficient (Wildman–Crippen LogP) is 4.96. The SMILES string of the molecule is CSc1ccc2cc(CN[C@H]3CCCc4ccccc43)c(N3CCOCC3)nc2c1. The van der Waals surface area contributed by atoms with Crippen LogP contribution < -0.4 is 10.2 Å². The van der Waals surface area contributed by atoms with Gasteiger partial charge in [-0.15, -0.1) is 11.8 Å². The lowest BCUT2D eigenvalue weighted by Crippen LogP contribution is -2.38. The zero-order valence-electron chi connectivity index (χ0n) is 17.6. The molecular formula is C25H29N3OS. The molecule has 0 radical (unpaired) electrons. The van der Waals surface area contributed by atoms with Gasteiger partial charge >= 0.3 is 0 Å². The maximum absolute atomic E-state index is 5.59. The molecule has 0 bridgehead atoms. The molecule has 4 nitrogen and oxygen atoms in total. The predicted molar refractivity (Wildman–Crippen MR) is 126 cm³/mol. The summed E-state index contributed by atoms with van der Waals surface area (Å²) in [5.41, 5.74) is 5.32. The maximum Gasteiger partial charge on any atom is 0.133 e. The van der Waals surface area contributed by atoms with Gasteiger partial charge in [-0.25, -0.2) is 4.98 Å². The highest BCUT2D eigenvalue weighted by molar-refractivity contribution is 7.98. The monoisotopic (exact) mass is 419 g/mol. The Balaban J connectivity index is 1.46. The van der Waals surface area contributed by atoms with Gasteiger partial charge in [-0.05, 0) is 54.8 Å². The van der Waals surface area contributed by atoms with E-state index in [0.717, 1.165) is 44.2 Å². The fourth-order valence-electron chi connectivity index (χ4n) is 4.69. The number of hydrogen-bond acceptors (Lipinski definition) is 5. The minimum absolute atomic E-state index is 0.419. The molecule has 5 heteroatoms. The molecule has 0 spiro atoms. The van der Waals surface area contributed by atoms with Gasteiger partial charge in [0, 0.05) is 41.5 Å². The van der Waals surface area contributed by atoms with E-state index in [4.69, 9.17) is 9.72 Å². The van der Waals surface area contributed by atoms with Crippen LogP contribution in [-0.4, -0.2) is 37.5 Å². The van der Waals surface area contributed by atoms with Gasteiger partial charge in [0.2, 0.25) is 0 Å². The van der Waals surface area contributed by atoms with Crippen molar-refractivity contribution in [2.24, 2.45) is 0 Å². The Morgan fingerprint density at radius 3 is 2.87 bits per heavy atom. The lowest BCUT2D eigenvalue weighted by Gasteiger charge is -2.31. The van der Waals surface area contributed by atoms with E-state index in [1.54, 1.807) is 11.8 Å². The molecule has 156 valence electrons. The number of rotatable bonds is 5. The van der Waals surface area contributed by atoms with Crippen LogP contribution >= 0.6 is 11.8 Å². The summed E-state index contributed by atoms with van der Waals surface area (Å²) in [6.07, 6.45) is 5.76. The van der Waals surface area contributed by atoms with Crippen molar-refractivity contribution in [3.05, 3.63) is 65.2 Å². The first-order valence-corrected chi connectivity index (χ1v) is 12.2. The number of pyridine rings is 1. The molecule has 0 amide bonds. The first-order chi connectivity index (χ1) is 14.8. The van der Waals surface area contributed by atoms with Crippen molar-refractivity contribution in [1.29, 1.82) is 0 Å². The van der Waals surface area contributed by atoms with Crippen molar-refractivity contribution >= 4 is 28.5 Å². The summed E-state index contributed by atoms with van der Waals surface area (Å²) in [6.45, 7) is 4.18. The molecule has 1 aromatic heterocycles. The second-order valence-electron chi connectivity index (χ2n) is 8.15. The number of ether oxygens (including phenoxy) is 1. The number of benzene rings is 2.